The zero-order chi connectivity index (χ0) is 33.4. The number of rotatable bonds is 3. The molecule has 0 spiro atoms. The summed E-state index contributed by atoms with van der Waals surface area (Å²) in [4.78, 5) is 47.6. The topological polar surface area (TPSA) is 60.9 Å². The molecule has 6 heteroatoms. The van der Waals surface area contributed by atoms with Gasteiger partial charge in [-0.15, -0.1) is 0 Å². The van der Waals surface area contributed by atoms with E-state index in [1.807, 2.05) is 127 Å². The molecule has 0 saturated carbocycles. The molecule has 6 nitrogen and oxygen atoms in total. The maximum Gasteiger partial charge on any atom is 0.258 e. The van der Waals surface area contributed by atoms with Crippen LogP contribution >= 0.6 is 0 Å². The Bertz CT molecular complexity index is 1930. The molecule has 0 aliphatic carbocycles. The van der Waals surface area contributed by atoms with Crippen LogP contribution in [0.2, 0.25) is 0 Å². The largest absolute Gasteiger partial charge is 0.311 e. The molecule has 1 aliphatic rings. The molecule has 0 saturated heterocycles. The summed E-state index contributed by atoms with van der Waals surface area (Å²) in [6.45, 7) is 0. The molecule has 0 fully saturated rings. The van der Waals surface area contributed by atoms with Crippen LogP contribution in [0.5, 0.6) is 0 Å². The minimum atomic E-state index is -0.270. The van der Waals surface area contributed by atoms with Gasteiger partial charge < -0.3 is 14.7 Å². The summed E-state index contributed by atoms with van der Waals surface area (Å²) in [5, 5.41) is 0. The van der Waals surface area contributed by atoms with Gasteiger partial charge in [-0.25, -0.2) is 0 Å². The quantitative estimate of drug-likeness (QED) is 0.197. The number of carbonyl (C=O) groups excluding carboxylic acids is 3. The van der Waals surface area contributed by atoms with Gasteiger partial charge in [-0.2, -0.15) is 0 Å². The summed E-state index contributed by atoms with van der Waals surface area (Å²) in [6.07, 6.45) is 0. The Kier molecular flexibility index (Phi) is 7.91. The zero-order valence-corrected chi connectivity index (χ0v) is 26.9. The van der Waals surface area contributed by atoms with E-state index in [1.54, 1.807) is 54.0 Å². The predicted molar refractivity (Wildman–Crippen MR) is 194 cm³/mol. The maximum absolute atomic E-state index is 14.3. The fraction of sp³-hybridized carbons (Fsp3) is 0.0714. The van der Waals surface area contributed by atoms with Gasteiger partial charge in [-0.3, -0.25) is 14.4 Å². The van der Waals surface area contributed by atoms with E-state index < -0.39 is 0 Å². The molecule has 6 bridgehead atoms. The summed E-state index contributed by atoms with van der Waals surface area (Å²) < 4.78 is 0. The first-order valence-electron chi connectivity index (χ1n) is 15.7. The highest BCUT2D eigenvalue weighted by Crippen LogP contribution is 2.34. The fourth-order valence-electron chi connectivity index (χ4n) is 6.11. The standard InChI is InChI=1S/C42H33N3O3/c1-43-37-22-31(28-13-7-4-8-14-28)20-35(25-37)41(47)45(3)39-24-33(30-17-11-6-12-18-30)21-36(27-39)42(48)44(2)38-23-32(19-34(26-38)40(43)46)29-15-9-5-10-16-29/h4-27H,1-3H3. The van der Waals surface area contributed by atoms with E-state index in [0.717, 1.165) is 33.4 Å². The minimum Gasteiger partial charge on any atom is -0.311 e. The van der Waals surface area contributed by atoms with Gasteiger partial charge >= 0.3 is 0 Å². The molecule has 0 unspecified atom stereocenters. The lowest BCUT2D eigenvalue weighted by atomic mass is 9.99. The van der Waals surface area contributed by atoms with Crippen LogP contribution < -0.4 is 14.7 Å². The Hall–Kier alpha value is -6.27. The van der Waals surface area contributed by atoms with E-state index in [-0.39, 0.29) is 17.7 Å². The maximum atomic E-state index is 14.3. The Balaban J connectivity index is 1.49. The van der Waals surface area contributed by atoms with E-state index in [4.69, 9.17) is 0 Å². The van der Waals surface area contributed by atoms with Crippen molar-refractivity contribution in [1.82, 2.24) is 0 Å². The molecule has 6 aromatic carbocycles. The molecular weight excluding hydrogens is 594 g/mol. The molecule has 0 radical (unpaired) electrons. The summed E-state index contributed by atoms with van der Waals surface area (Å²) in [5.74, 6) is -0.809. The number of amides is 3. The van der Waals surface area contributed by atoms with E-state index >= 15 is 0 Å². The average molecular weight is 628 g/mol. The first-order valence-corrected chi connectivity index (χ1v) is 15.7. The van der Waals surface area contributed by atoms with Gasteiger partial charge in [-0.05, 0) is 88.0 Å². The Labute approximate surface area is 280 Å². The number of nitrogens with zero attached hydrogens (tertiary/aromatic N) is 3. The fourth-order valence-corrected chi connectivity index (χ4v) is 6.11. The summed E-state index contributed by atoms with van der Waals surface area (Å²) in [6, 6.07) is 46.0. The molecule has 1 aliphatic heterocycles. The van der Waals surface area contributed by atoms with Crippen LogP contribution in [-0.4, -0.2) is 38.9 Å². The first-order chi connectivity index (χ1) is 23.3. The van der Waals surface area contributed by atoms with Gasteiger partial charge in [0.15, 0.2) is 0 Å². The van der Waals surface area contributed by atoms with Crippen LogP contribution in [0.4, 0.5) is 17.1 Å². The number of anilines is 3. The van der Waals surface area contributed by atoms with E-state index in [1.165, 1.54) is 0 Å². The molecule has 7 rings (SSSR count). The van der Waals surface area contributed by atoms with Crippen molar-refractivity contribution in [1.29, 1.82) is 0 Å². The Morgan fingerprint density at radius 2 is 0.521 bits per heavy atom. The number of hydrogen-bond donors (Lipinski definition) is 0. The van der Waals surface area contributed by atoms with Crippen molar-refractivity contribution in [2.75, 3.05) is 35.8 Å². The van der Waals surface area contributed by atoms with Crippen molar-refractivity contribution >= 4 is 34.8 Å². The second kappa shape index (κ2) is 12.5. The summed E-state index contributed by atoms with van der Waals surface area (Å²) in [7, 11) is 5.13. The highest BCUT2D eigenvalue weighted by Gasteiger charge is 2.25. The molecule has 3 amide bonds. The van der Waals surface area contributed by atoms with Crippen molar-refractivity contribution in [2.24, 2.45) is 0 Å². The number of benzene rings is 6. The number of fused-ring (bicyclic) bond motifs is 6. The third-order valence-corrected chi connectivity index (χ3v) is 8.89. The lowest BCUT2D eigenvalue weighted by Gasteiger charge is -2.23. The summed E-state index contributed by atoms with van der Waals surface area (Å²) >= 11 is 0. The van der Waals surface area contributed by atoms with Crippen molar-refractivity contribution in [3.05, 3.63) is 162 Å². The van der Waals surface area contributed by atoms with Crippen LogP contribution in [0.15, 0.2) is 146 Å². The molecule has 1 heterocycles. The number of hydrogen-bond acceptors (Lipinski definition) is 3. The number of carbonyl (C=O) groups is 3. The zero-order valence-electron chi connectivity index (χ0n) is 26.9. The monoisotopic (exact) mass is 627 g/mol. The van der Waals surface area contributed by atoms with E-state index in [2.05, 4.69) is 0 Å². The molecular formula is C42H33N3O3. The van der Waals surface area contributed by atoms with Crippen LogP contribution in [0.25, 0.3) is 33.4 Å². The lowest BCUT2D eigenvalue weighted by Crippen LogP contribution is -2.28. The SMILES string of the molecule is CN1C(=O)c2cc(-c3ccccc3)cc(c2)N(C)C(=O)c2cc(-c3ccccc3)cc(c2)N(C)C(=O)c2cc(-c3ccccc3)cc1c2. The predicted octanol–water partition coefficient (Wildman–Crippen LogP) is 8.83. The normalized spacial score (nSPS) is 13.3. The minimum absolute atomic E-state index is 0.270. The van der Waals surface area contributed by atoms with Gasteiger partial charge in [0.1, 0.15) is 0 Å². The first kappa shape index (κ1) is 30.4. The lowest BCUT2D eigenvalue weighted by molar-refractivity contribution is 0.0982. The molecule has 0 atom stereocenters. The van der Waals surface area contributed by atoms with Gasteiger partial charge in [0.2, 0.25) is 0 Å². The van der Waals surface area contributed by atoms with Gasteiger partial charge in [0.25, 0.3) is 17.7 Å². The van der Waals surface area contributed by atoms with Crippen LogP contribution in [-0.2, 0) is 0 Å². The molecule has 48 heavy (non-hydrogen) atoms. The molecule has 6 aromatic rings. The van der Waals surface area contributed by atoms with Crippen molar-refractivity contribution < 1.29 is 14.4 Å². The van der Waals surface area contributed by atoms with Crippen molar-refractivity contribution in [3.8, 4) is 33.4 Å². The second-order valence-electron chi connectivity index (χ2n) is 12.0. The average Bonchev–Trinajstić information content (AvgIpc) is 3.16. The Morgan fingerprint density at radius 3 is 0.771 bits per heavy atom. The van der Waals surface area contributed by atoms with E-state index in [0.29, 0.717) is 33.8 Å². The molecule has 0 aromatic heterocycles. The van der Waals surface area contributed by atoms with Gasteiger partial charge in [0.05, 0.1) is 0 Å². The molecule has 0 N–H and O–H groups in total. The van der Waals surface area contributed by atoms with Gasteiger partial charge in [0, 0.05) is 54.9 Å². The van der Waals surface area contributed by atoms with Crippen molar-refractivity contribution in [2.45, 2.75) is 0 Å². The van der Waals surface area contributed by atoms with Gasteiger partial charge in [-0.1, -0.05) is 91.0 Å². The highest BCUT2D eigenvalue weighted by atomic mass is 16.2. The third kappa shape index (κ3) is 5.76. The van der Waals surface area contributed by atoms with Crippen LogP contribution in [0.3, 0.4) is 0 Å². The third-order valence-electron chi connectivity index (χ3n) is 8.89. The smallest absolute Gasteiger partial charge is 0.258 e. The van der Waals surface area contributed by atoms with Crippen LogP contribution in [0.1, 0.15) is 31.1 Å². The summed E-state index contributed by atoms with van der Waals surface area (Å²) in [5.41, 5.74) is 8.14. The highest BCUT2D eigenvalue weighted by molar-refractivity contribution is 6.13. The molecule has 234 valence electrons. The van der Waals surface area contributed by atoms with Crippen LogP contribution in [0, 0.1) is 0 Å². The van der Waals surface area contributed by atoms with Crippen molar-refractivity contribution in [3.63, 3.8) is 0 Å². The second-order valence-corrected chi connectivity index (χ2v) is 12.0. The van der Waals surface area contributed by atoms with E-state index in [9.17, 15) is 14.4 Å². The Morgan fingerprint density at radius 1 is 0.292 bits per heavy atom.